The third-order valence-corrected chi connectivity index (χ3v) is 3.10. The van der Waals surface area contributed by atoms with Crippen molar-refractivity contribution in [2.24, 2.45) is 5.92 Å². The molecule has 0 radical (unpaired) electrons. The number of halogens is 1. The first-order valence-corrected chi connectivity index (χ1v) is 6.64. The number of carbonyl (C=O) groups is 1. The van der Waals surface area contributed by atoms with Crippen LogP contribution in [0.3, 0.4) is 0 Å². The Labute approximate surface area is 118 Å². The molecule has 5 heteroatoms. The van der Waals surface area contributed by atoms with E-state index in [0.29, 0.717) is 11.6 Å². The van der Waals surface area contributed by atoms with Gasteiger partial charge in [0.1, 0.15) is 6.61 Å². The molecule has 1 aromatic carbocycles. The van der Waals surface area contributed by atoms with Crippen molar-refractivity contribution in [3.8, 4) is 0 Å². The molecule has 0 aliphatic rings. The van der Waals surface area contributed by atoms with E-state index in [-0.39, 0.29) is 25.0 Å². The molecule has 2 N–H and O–H groups in total. The highest BCUT2D eigenvalue weighted by Crippen LogP contribution is 2.15. The summed E-state index contributed by atoms with van der Waals surface area (Å²) in [5.41, 5.74) is 0.846. The Morgan fingerprint density at radius 3 is 2.74 bits per heavy atom. The van der Waals surface area contributed by atoms with Crippen LogP contribution in [0.15, 0.2) is 24.3 Å². The van der Waals surface area contributed by atoms with Crippen molar-refractivity contribution in [2.45, 2.75) is 26.6 Å². The smallest absolute Gasteiger partial charge is 0.246 e. The summed E-state index contributed by atoms with van der Waals surface area (Å²) in [6.07, 6.45) is -0.535. The van der Waals surface area contributed by atoms with Gasteiger partial charge in [-0.1, -0.05) is 43.6 Å². The first-order chi connectivity index (χ1) is 9.00. The molecule has 0 bridgehead atoms. The van der Waals surface area contributed by atoms with E-state index in [0.717, 1.165) is 5.56 Å². The Bertz CT molecular complexity index is 409. The standard InChI is InChI=1S/C14H20ClNO3/c1-10(2)13(17)7-16-14(18)9-19-8-11-5-3-4-6-12(11)15/h3-6,10,13,17H,7-9H2,1-2H3,(H,16,18). The molecule has 0 aliphatic heterocycles. The summed E-state index contributed by atoms with van der Waals surface area (Å²) in [5, 5.41) is 12.8. The van der Waals surface area contributed by atoms with Gasteiger partial charge in [0.2, 0.25) is 5.91 Å². The van der Waals surface area contributed by atoms with Crippen LogP contribution in [0.2, 0.25) is 5.02 Å². The van der Waals surface area contributed by atoms with Crippen LogP contribution in [-0.4, -0.2) is 30.3 Å². The predicted octanol–water partition coefficient (Wildman–Crippen LogP) is 1.99. The van der Waals surface area contributed by atoms with Gasteiger partial charge in [-0.05, 0) is 17.5 Å². The van der Waals surface area contributed by atoms with Crippen LogP contribution in [-0.2, 0) is 16.1 Å². The maximum Gasteiger partial charge on any atom is 0.246 e. The lowest BCUT2D eigenvalue weighted by atomic mass is 10.1. The third kappa shape index (κ3) is 6.05. The quantitative estimate of drug-likeness (QED) is 0.805. The van der Waals surface area contributed by atoms with E-state index in [2.05, 4.69) is 5.32 Å². The Kier molecular flexibility index (Phi) is 6.84. The number of ether oxygens (including phenoxy) is 1. The molecular formula is C14H20ClNO3. The third-order valence-electron chi connectivity index (χ3n) is 2.73. The lowest BCUT2D eigenvalue weighted by Crippen LogP contribution is -2.36. The van der Waals surface area contributed by atoms with Crippen molar-refractivity contribution in [2.75, 3.05) is 13.2 Å². The second kappa shape index (κ2) is 8.15. The van der Waals surface area contributed by atoms with Crippen molar-refractivity contribution in [3.05, 3.63) is 34.9 Å². The fraction of sp³-hybridized carbons (Fsp3) is 0.500. The highest BCUT2D eigenvalue weighted by Gasteiger charge is 2.10. The van der Waals surface area contributed by atoms with Gasteiger partial charge in [0.15, 0.2) is 0 Å². The van der Waals surface area contributed by atoms with E-state index in [1.807, 2.05) is 32.0 Å². The maximum absolute atomic E-state index is 11.5. The van der Waals surface area contributed by atoms with Gasteiger partial charge in [-0.3, -0.25) is 4.79 Å². The number of rotatable bonds is 7. The van der Waals surface area contributed by atoms with E-state index in [1.165, 1.54) is 0 Å². The number of benzene rings is 1. The summed E-state index contributed by atoms with van der Waals surface area (Å²) in [6.45, 7) is 4.28. The molecule has 0 aromatic heterocycles. The zero-order valence-corrected chi connectivity index (χ0v) is 12.0. The van der Waals surface area contributed by atoms with Crippen molar-refractivity contribution in [3.63, 3.8) is 0 Å². The number of carbonyl (C=O) groups excluding carboxylic acids is 1. The number of amides is 1. The molecule has 0 heterocycles. The molecule has 0 saturated heterocycles. The molecule has 1 aromatic rings. The Morgan fingerprint density at radius 2 is 2.11 bits per heavy atom. The average molecular weight is 286 g/mol. The van der Waals surface area contributed by atoms with E-state index < -0.39 is 6.10 Å². The molecule has 19 heavy (non-hydrogen) atoms. The first-order valence-electron chi connectivity index (χ1n) is 6.26. The molecule has 4 nitrogen and oxygen atoms in total. The molecule has 106 valence electrons. The summed E-state index contributed by atoms with van der Waals surface area (Å²) in [7, 11) is 0. The van der Waals surface area contributed by atoms with E-state index in [4.69, 9.17) is 16.3 Å². The molecule has 0 aliphatic carbocycles. The molecular weight excluding hydrogens is 266 g/mol. The molecule has 0 fully saturated rings. The van der Waals surface area contributed by atoms with Crippen LogP contribution in [0.25, 0.3) is 0 Å². The van der Waals surface area contributed by atoms with Crippen LogP contribution in [0, 0.1) is 5.92 Å². The van der Waals surface area contributed by atoms with Crippen LogP contribution < -0.4 is 5.32 Å². The minimum atomic E-state index is -0.535. The zero-order valence-electron chi connectivity index (χ0n) is 11.2. The van der Waals surface area contributed by atoms with Crippen molar-refractivity contribution in [1.82, 2.24) is 5.32 Å². The van der Waals surface area contributed by atoms with Gasteiger partial charge in [-0.15, -0.1) is 0 Å². The summed E-state index contributed by atoms with van der Waals surface area (Å²) in [6, 6.07) is 7.33. The molecule has 1 atom stereocenters. The second-order valence-corrected chi connectivity index (χ2v) is 5.11. The minimum absolute atomic E-state index is 0.0456. The second-order valence-electron chi connectivity index (χ2n) is 4.70. The van der Waals surface area contributed by atoms with Gasteiger partial charge in [-0.25, -0.2) is 0 Å². The number of hydrogen-bond donors (Lipinski definition) is 2. The van der Waals surface area contributed by atoms with Gasteiger partial charge in [0.25, 0.3) is 0 Å². The average Bonchev–Trinajstić information content (AvgIpc) is 2.38. The van der Waals surface area contributed by atoms with Gasteiger partial charge >= 0.3 is 0 Å². The van der Waals surface area contributed by atoms with Gasteiger partial charge in [0, 0.05) is 11.6 Å². The van der Waals surface area contributed by atoms with Gasteiger partial charge in [-0.2, -0.15) is 0 Å². The molecule has 1 unspecified atom stereocenters. The van der Waals surface area contributed by atoms with E-state index >= 15 is 0 Å². The monoisotopic (exact) mass is 285 g/mol. The van der Waals surface area contributed by atoms with E-state index in [9.17, 15) is 9.90 Å². The summed E-state index contributed by atoms with van der Waals surface area (Å²) < 4.78 is 5.28. The van der Waals surface area contributed by atoms with Crippen LogP contribution in [0.5, 0.6) is 0 Å². The first kappa shape index (κ1) is 16.0. The van der Waals surface area contributed by atoms with Crippen LogP contribution in [0.1, 0.15) is 19.4 Å². The Balaban J connectivity index is 2.23. The summed E-state index contributed by atoms with van der Waals surface area (Å²) in [4.78, 5) is 11.5. The fourth-order valence-electron chi connectivity index (χ4n) is 1.37. The van der Waals surface area contributed by atoms with Crippen LogP contribution >= 0.6 is 11.6 Å². The molecule has 0 spiro atoms. The summed E-state index contributed by atoms with van der Waals surface area (Å²) in [5.74, 6) is -0.129. The fourth-order valence-corrected chi connectivity index (χ4v) is 1.56. The summed E-state index contributed by atoms with van der Waals surface area (Å²) >= 11 is 5.96. The lowest BCUT2D eigenvalue weighted by Gasteiger charge is -2.15. The maximum atomic E-state index is 11.5. The van der Waals surface area contributed by atoms with Crippen molar-refractivity contribution >= 4 is 17.5 Å². The number of nitrogens with one attached hydrogen (secondary N) is 1. The highest BCUT2D eigenvalue weighted by atomic mass is 35.5. The van der Waals surface area contributed by atoms with Gasteiger partial charge < -0.3 is 15.2 Å². The predicted molar refractivity (Wildman–Crippen MR) is 75.0 cm³/mol. The van der Waals surface area contributed by atoms with Crippen molar-refractivity contribution in [1.29, 1.82) is 0 Å². The number of aliphatic hydroxyl groups is 1. The minimum Gasteiger partial charge on any atom is -0.391 e. The molecule has 0 saturated carbocycles. The Hall–Kier alpha value is -1.10. The topological polar surface area (TPSA) is 58.6 Å². The number of aliphatic hydroxyl groups excluding tert-OH is 1. The van der Waals surface area contributed by atoms with E-state index in [1.54, 1.807) is 6.07 Å². The largest absolute Gasteiger partial charge is 0.391 e. The lowest BCUT2D eigenvalue weighted by molar-refractivity contribution is -0.126. The Morgan fingerprint density at radius 1 is 1.42 bits per heavy atom. The molecule has 1 rings (SSSR count). The highest BCUT2D eigenvalue weighted by molar-refractivity contribution is 6.31. The van der Waals surface area contributed by atoms with Gasteiger partial charge in [0.05, 0.1) is 12.7 Å². The van der Waals surface area contributed by atoms with Crippen LogP contribution in [0.4, 0.5) is 0 Å². The SMILES string of the molecule is CC(C)C(O)CNC(=O)COCc1ccccc1Cl. The normalized spacial score (nSPS) is 12.5. The zero-order chi connectivity index (χ0) is 14.3. The molecule has 1 amide bonds. The number of hydrogen-bond acceptors (Lipinski definition) is 3. The van der Waals surface area contributed by atoms with Crippen molar-refractivity contribution < 1.29 is 14.6 Å².